The Labute approximate surface area is 126 Å². The highest BCUT2D eigenvalue weighted by Gasteiger charge is 2.31. The molecule has 0 aliphatic carbocycles. The van der Waals surface area contributed by atoms with Crippen molar-refractivity contribution in [3.05, 3.63) is 42.7 Å². The van der Waals surface area contributed by atoms with Gasteiger partial charge in [0.1, 0.15) is 6.26 Å². The third-order valence-electron chi connectivity index (χ3n) is 2.59. The topological polar surface area (TPSA) is 116 Å². The maximum Gasteiger partial charge on any atom is 0.338 e. The van der Waals surface area contributed by atoms with Gasteiger partial charge in [-0.3, -0.25) is 4.79 Å². The van der Waals surface area contributed by atoms with Crippen LogP contribution < -0.4 is 9.46 Å². The molecule has 1 unspecified atom stereocenters. The van der Waals surface area contributed by atoms with Gasteiger partial charge >= 0.3 is 5.97 Å². The fourth-order valence-electron chi connectivity index (χ4n) is 1.54. The summed E-state index contributed by atoms with van der Waals surface area (Å²) >= 11 is 0. The molecule has 0 saturated heterocycles. The van der Waals surface area contributed by atoms with Gasteiger partial charge in [-0.2, -0.15) is 4.72 Å². The number of hydrogen-bond acceptors (Lipinski definition) is 7. The number of aromatic nitrogens is 1. The van der Waals surface area contributed by atoms with Gasteiger partial charge in [0.15, 0.2) is 11.8 Å². The first kappa shape index (κ1) is 15.9. The summed E-state index contributed by atoms with van der Waals surface area (Å²) in [5, 5.41) is 3.35. The van der Waals surface area contributed by atoms with Crippen LogP contribution >= 0.6 is 0 Å². The lowest BCUT2D eigenvalue weighted by Crippen LogP contribution is -2.47. The number of ketones is 1. The predicted octanol–water partition coefficient (Wildman–Crippen LogP) is 0.516. The molecule has 0 amide bonds. The predicted molar refractivity (Wildman–Crippen MR) is 73.4 cm³/mol. The highest BCUT2D eigenvalue weighted by atomic mass is 32.2. The zero-order valence-corrected chi connectivity index (χ0v) is 12.2. The smallest absolute Gasteiger partial charge is 0.338 e. The number of rotatable bonds is 6. The first-order chi connectivity index (χ1) is 10.4. The number of sulfonamides is 1. The van der Waals surface area contributed by atoms with E-state index in [2.05, 4.69) is 9.68 Å². The van der Waals surface area contributed by atoms with Gasteiger partial charge in [0, 0.05) is 6.07 Å². The van der Waals surface area contributed by atoms with Crippen LogP contribution in [0.5, 0.6) is 5.88 Å². The Balaban J connectivity index is 2.19. The number of Topliss-reactive ketones (excluding diaryl/α,β-unsaturated/α-hetero) is 1. The summed E-state index contributed by atoms with van der Waals surface area (Å²) < 4.78 is 35.6. The van der Waals surface area contributed by atoms with E-state index in [1.54, 1.807) is 6.07 Å². The van der Waals surface area contributed by atoms with Crippen LogP contribution in [0.25, 0.3) is 0 Å². The number of benzene rings is 1. The summed E-state index contributed by atoms with van der Waals surface area (Å²) in [4.78, 5) is 23.4. The molecule has 0 radical (unpaired) electrons. The fourth-order valence-corrected chi connectivity index (χ4v) is 2.76. The van der Waals surface area contributed by atoms with Gasteiger partial charge in [-0.05, 0) is 24.2 Å². The number of esters is 1. The number of ether oxygens (including phenoxy) is 1. The number of carbonyl (C=O) groups excluding carboxylic acids is 2. The molecule has 2 rings (SSSR count). The van der Waals surface area contributed by atoms with Gasteiger partial charge in [-0.15, -0.1) is 0 Å². The minimum Gasteiger partial charge on any atom is -0.403 e. The van der Waals surface area contributed by atoms with E-state index >= 15 is 0 Å². The highest BCUT2D eigenvalue weighted by molar-refractivity contribution is 7.89. The maximum absolute atomic E-state index is 12.1. The van der Waals surface area contributed by atoms with Gasteiger partial charge in [0.05, 0.1) is 4.90 Å². The van der Waals surface area contributed by atoms with E-state index in [1.165, 1.54) is 36.6 Å². The molecule has 1 N–H and O–H groups in total. The molecule has 116 valence electrons. The molecule has 9 heteroatoms. The van der Waals surface area contributed by atoms with E-state index in [4.69, 9.17) is 4.74 Å². The van der Waals surface area contributed by atoms with Gasteiger partial charge in [-0.25, -0.2) is 13.2 Å². The monoisotopic (exact) mass is 324 g/mol. The van der Waals surface area contributed by atoms with Gasteiger partial charge in [0.25, 0.3) is 5.88 Å². The Kier molecular flexibility index (Phi) is 4.68. The van der Waals surface area contributed by atoms with Crippen LogP contribution in [-0.4, -0.2) is 31.4 Å². The van der Waals surface area contributed by atoms with Gasteiger partial charge in [-0.1, -0.05) is 18.2 Å². The molecule has 0 aliphatic heterocycles. The minimum atomic E-state index is -4.04. The Hall–Kier alpha value is -2.52. The molecule has 0 spiro atoms. The highest BCUT2D eigenvalue weighted by Crippen LogP contribution is 2.10. The third kappa shape index (κ3) is 3.77. The number of hydrogen-bond donors (Lipinski definition) is 1. The molecular formula is C13H12N2O6S. The van der Waals surface area contributed by atoms with E-state index in [9.17, 15) is 18.0 Å². The quantitative estimate of drug-likeness (QED) is 0.608. The van der Waals surface area contributed by atoms with Gasteiger partial charge < -0.3 is 9.26 Å². The molecule has 1 aromatic heterocycles. The van der Waals surface area contributed by atoms with Crippen LogP contribution in [0, 0.1) is 0 Å². The first-order valence-electron chi connectivity index (χ1n) is 6.10. The summed E-state index contributed by atoms with van der Waals surface area (Å²) in [6, 6.07) is 6.92. The summed E-state index contributed by atoms with van der Waals surface area (Å²) in [5.74, 6) is -1.98. The van der Waals surface area contributed by atoms with Crippen LogP contribution in [0.15, 0.2) is 52.1 Å². The largest absolute Gasteiger partial charge is 0.403 e. The zero-order chi connectivity index (χ0) is 16.2. The van der Waals surface area contributed by atoms with Crippen molar-refractivity contribution in [1.29, 1.82) is 0 Å². The van der Waals surface area contributed by atoms with E-state index in [-0.39, 0.29) is 10.8 Å². The molecule has 2 aromatic rings. The summed E-state index contributed by atoms with van der Waals surface area (Å²) in [7, 11) is -4.04. The van der Waals surface area contributed by atoms with Gasteiger partial charge in [0.2, 0.25) is 10.0 Å². The van der Waals surface area contributed by atoms with Crippen molar-refractivity contribution in [3.63, 3.8) is 0 Å². The molecule has 0 aliphatic rings. The van der Waals surface area contributed by atoms with Crippen LogP contribution in [0.3, 0.4) is 0 Å². The molecule has 0 bridgehead atoms. The van der Waals surface area contributed by atoms with Crippen molar-refractivity contribution in [2.24, 2.45) is 0 Å². The second kappa shape index (κ2) is 6.50. The summed E-state index contributed by atoms with van der Waals surface area (Å²) in [6.45, 7) is 1.07. The SMILES string of the molecule is CC(=O)C(NS(=O)(=O)c1ccccc1)C(=O)Oc1ccon1. The molecule has 0 saturated carbocycles. The van der Waals surface area contributed by atoms with Crippen LogP contribution in [0.2, 0.25) is 0 Å². The normalized spacial score (nSPS) is 12.6. The van der Waals surface area contributed by atoms with Crippen LogP contribution in [-0.2, 0) is 19.6 Å². The Morgan fingerprint density at radius 2 is 1.91 bits per heavy atom. The lowest BCUT2D eigenvalue weighted by Gasteiger charge is -2.14. The van der Waals surface area contributed by atoms with E-state index in [1.807, 2.05) is 4.72 Å². The first-order valence-corrected chi connectivity index (χ1v) is 7.58. The van der Waals surface area contributed by atoms with E-state index in [0.717, 1.165) is 6.92 Å². The van der Waals surface area contributed by atoms with Crippen molar-refractivity contribution < 1.29 is 27.3 Å². The van der Waals surface area contributed by atoms with Crippen molar-refractivity contribution in [1.82, 2.24) is 9.88 Å². The average Bonchev–Trinajstić information content (AvgIpc) is 2.98. The number of carbonyl (C=O) groups is 2. The molecular weight excluding hydrogens is 312 g/mol. The Morgan fingerprint density at radius 1 is 1.23 bits per heavy atom. The van der Waals surface area contributed by atoms with Crippen LogP contribution in [0.1, 0.15) is 6.92 Å². The molecule has 1 atom stereocenters. The molecule has 1 heterocycles. The van der Waals surface area contributed by atoms with E-state index < -0.39 is 27.8 Å². The average molecular weight is 324 g/mol. The minimum absolute atomic E-state index is 0.0736. The Morgan fingerprint density at radius 3 is 2.45 bits per heavy atom. The second-order valence-electron chi connectivity index (χ2n) is 4.24. The van der Waals surface area contributed by atoms with Crippen molar-refractivity contribution in [2.45, 2.75) is 17.9 Å². The summed E-state index contributed by atoms with van der Waals surface area (Å²) in [6.07, 6.45) is 1.17. The lowest BCUT2D eigenvalue weighted by atomic mass is 10.2. The standard InChI is InChI=1S/C13H12N2O6S/c1-9(16)12(13(17)21-11-7-8-20-14-11)15-22(18,19)10-5-3-2-4-6-10/h2-8,12,15H,1H3. The third-order valence-corrected chi connectivity index (χ3v) is 4.03. The molecule has 8 nitrogen and oxygen atoms in total. The lowest BCUT2D eigenvalue weighted by molar-refractivity contribution is -0.140. The second-order valence-corrected chi connectivity index (χ2v) is 5.95. The Bertz CT molecular complexity index is 755. The molecule has 0 fully saturated rings. The molecule has 1 aromatic carbocycles. The van der Waals surface area contributed by atoms with Crippen molar-refractivity contribution in [2.75, 3.05) is 0 Å². The zero-order valence-electron chi connectivity index (χ0n) is 11.4. The van der Waals surface area contributed by atoms with E-state index in [0.29, 0.717) is 0 Å². The number of nitrogens with one attached hydrogen (secondary N) is 1. The fraction of sp³-hybridized carbons (Fsp3) is 0.154. The molecule has 22 heavy (non-hydrogen) atoms. The van der Waals surface area contributed by atoms with Crippen molar-refractivity contribution >= 4 is 21.8 Å². The van der Waals surface area contributed by atoms with Crippen LogP contribution in [0.4, 0.5) is 0 Å². The van der Waals surface area contributed by atoms with Crippen molar-refractivity contribution in [3.8, 4) is 5.88 Å². The summed E-state index contributed by atoms with van der Waals surface area (Å²) in [5.41, 5.74) is 0. The number of nitrogens with zero attached hydrogens (tertiary/aromatic N) is 1. The maximum atomic E-state index is 12.1.